The molecule has 0 atom stereocenters. The highest BCUT2D eigenvalue weighted by Crippen LogP contribution is 2.24. The largest absolute Gasteiger partial charge is 0.443 e. The number of anilines is 1. The van der Waals surface area contributed by atoms with E-state index < -0.39 is 0 Å². The van der Waals surface area contributed by atoms with E-state index in [0.717, 1.165) is 68.7 Å². The Labute approximate surface area is 174 Å². The zero-order valence-electron chi connectivity index (χ0n) is 16.7. The number of hydrogen-bond donors (Lipinski definition) is 1. The van der Waals surface area contributed by atoms with Crippen LogP contribution in [0, 0.1) is 0 Å². The van der Waals surface area contributed by atoms with Gasteiger partial charge in [0.25, 0.3) is 0 Å². The number of ether oxygens (including phenoxy) is 1. The van der Waals surface area contributed by atoms with E-state index in [4.69, 9.17) is 9.15 Å². The van der Waals surface area contributed by atoms with Crippen LogP contribution in [0.4, 0.5) is 10.6 Å². The Morgan fingerprint density at radius 2 is 1.87 bits per heavy atom. The molecule has 5 heterocycles. The summed E-state index contributed by atoms with van der Waals surface area (Å²) in [5, 5.41) is 3.81. The number of carbonyl (C=O) groups is 1. The molecular weight excluding hydrogens is 384 g/mol. The number of morpholine rings is 1. The molecule has 5 rings (SSSR count). The number of piperidine rings is 1. The summed E-state index contributed by atoms with van der Waals surface area (Å²) in [6.45, 7) is 5.09. The zero-order chi connectivity index (χ0) is 20.3. The molecule has 0 aromatic carbocycles. The molecule has 2 aliphatic rings. The first-order valence-electron chi connectivity index (χ1n) is 10.3. The molecule has 0 spiro atoms. The number of aromatic nitrogens is 3. The lowest BCUT2D eigenvalue weighted by Gasteiger charge is -2.39. The third-order valence-electron chi connectivity index (χ3n) is 5.83. The fraction of sp³-hybridized carbons (Fsp3) is 0.429. The van der Waals surface area contributed by atoms with Crippen LogP contribution < -0.4 is 5.32 Å². The van der Waals surface area contributed by atoms with E-state index in [0.29, 0.717) is 17.6 Å². The molecule has 2 aliphatic heterocycles. The van der Waals surface area contributed by atoms with Crippen LogP contribution in [0.2, 0.25) is 0 Å². The van der Waals surface area contributed by atoms with Crippen molar-refractivity contribution in [3.05, 3.63) is 37.1 Å². The lowest BCUT2D eigenvalue weighted by molar-refractivity contribution is 0.00419. The smallest absolute Gasteiger partial charge is 0.323 e. The van der Waals surface area contributed by atoms with Gasteiger partial charge in [-0.15, -0.1) is 0 Å². The van der Waals surface area contributed by atoms with Gasteiger partial charge in [-0.3, -0.25) is 15.2 Å². The summed E-state index contributed by atoms with van der Waals surface area (Å²) >= 11 is 0. The predicted octanol–water partition coefficient (Wildman–Crippen LogP) is 2.61. The standard InChI is InChI=1S/C21H24N6O3/c28-21(27-3-1-17(2-4-27)26-5-7-29-8-6-26)25-20-10-15-9-16(19-13-22-14-30-19)11-23-18(15)12-24-20/h9-14,17H,1-8H2,(H,24,25,28). The molecule has 9 nitrogen and oxygen atoms in total. The molecule has 2 fully saturated rings. The van der Waals surface area contributed by atoms with E-state index in [1.54, 1.807) is 18.6 Å². The monoisotopic (exact) mass is 408 g/mol. The predicted molar refractivity (Wildman–Crippen MR) is 111 cm³/mol. The van der Waals surface area contributed by atoms with E-state index in [-0.39, 0.29) is 6.03 Å². The van der Waals surface area contributed by atoms with Crippen molar-refractivity contribution in [1.29, 1.82) is 0 Å². The molecule has 156 valence electrons. The first-order valence-corrected chi connectivity index (χ1v) is 10.3. The number of nitrogens with one attached hydrogen (secondary N) is 1. The Kier molecular flexibility index (Phi) is 5.29. The molecule has 9 heteroatoms. The molecule has 0 unspecified atom stereocenters. The summed E-state index contributed by atoms with van der Waals surface area (Å²) in [5.74, 6) is 1.16. The van der Waals surface area contributed by atoms with Crippen LogP contribution >= 0.6 is 0 Å². The van der Waals surface area contributed by atoms with Crippen LogP contribution in [-0.4, -0.2) is 76.2 Å². The Balaban J connectivity index is 1.23. The van der Waals surface area contributed by atoms with Gasteiger partial charge in [0, 0.05) is 49.4 Å². The van der Waals surface area contributed by atoms with E-state index >= 15 is 0 Å². The number of pyridine rings is 2. The van der Waals surface area contributed by atoms with Crippen LogP contribution in [0.5, 0.6) is 0 Å². The SMILES string of the molecule is O=C(Nc1cc2cc(-c3cnco3)cnc2cn1)N1CCC(N2CCOCC2)CC1. The van der Waals surface area contributed by atoms with Gasteiger partial charge < -0.3 is 14.1 Å². The third kappa shape index (κ3) is 3.99. The van der Waals surface area contributed by atoms with Crippen molar-refractivity contribution in [2.75, 3.05) is 44.7 Å². The quantitative estimate of drug-likeness (QED) is 0.711. The average Bonchev–Trinajstić information content (AvgIpc) is 3.34. The van der Waals surface area contributed by atoms with Gasteiger partial charge in [0.2, 0.25) is 0 Å². The van der Waals surface area contributed by atoms with Gasteiger partial charge in [0.1, 0.15) is 5.82 Å². The van der Waals surface area contributed by atoms with E-state index in [1.165, 1.54) is 6.39 Å². The van der Waals surface area contributed by atoms with Crippen molar-refractivity contribution in [3.63, 3.8) is 0 Å². The maximum Gasteiger partial charge on any atom is 0.323 e. The van der Waals surface area contributed by atoms with E-state index in [2.05, 4.69) is 25.2 Å². The lowest BCUT2D eigenvalue weighted by atomic mass is 10.0. The van der Waals surface area contributed by atoms with Crippen molar-refractivity contribution < 1.29 is 13.9 Å². The molecule has 0 saturated carbocycles. The molecule has 2 amide bonds. The second kappa shape index (κ2) is 8.37. The molecule has 3 aromatic heterocycles. The number of likely N-dealkylation sites (tertiary alicyclic amines) is 1. The van der Waals surface area contributed by atoms with Crippen molar-refractivity contribution >= 4 is 22.8 Å². The summed E-state index contributed by atoms with van der Waals surface area (Å²) in [4.78, 5) is 29.8. The van der Waals surface area contributed by atoms with Crippen LogP contribution in [-0.2, 0) is 4.74 Å². The average molecular weight is 408 g/mol. The van der Waals surface area contributed by atoms with E-state index in [9.17, 15) is 4.79 Å². The Hall–Kier alpha value is -3.04. The highest BCUT2D eigenvalue weighted by molar-refractivity contribution is 5.91. The number of rotatable bonds is 3. The molecule has 1 N–H and O–H groups in total. The third-order valence-corrected chi connectivity index (χ3v) is 5.83. The Bertz CT molecular complexity index is 1010. The van der Waals surface area contributed by atoms with Crippen molar-refractivity contribution in [2.24, 2.45) is 0 Å². The fourth-order valence-corrected chi connectivity index (χ4v) is 4.16. The number of oxazole rings is 1. The summed E-state index contributed by atoms with van der Waals surface area (Å²) in [6, 6.07) is 4.22. The summed E-state index contributed by atoms with van der Waals surface area (Å²) in [5.41, 5.74) is 1.58. The van der Waals surface area contributed by atoms with Gasteiger partial charge in [-0.05, 0) is 25.0 Å². The minimum Gasteiger partial charge on any atom is -0.443 e. The number of hydrogen-bond acceptors (Lipinski definition) is 7. The van der Waals surface area contributed by atoms with Crippen LogP contribution in [0.25, 0.3) is 22.2 Å². The minimum atomic E-state index is -0.110. The molecular formula is C21H24N6O3. The van der Waals surface area contributed by atoms with Crippen molar-refractivity contribution in [1.82, 2.24) is 24.8 Å². The van der Waals surface area contributed by atoms with Crippen molar-refractivity contribution in [3.8, 4) is 11.3 Å². The van der Waals surface area contributed by atoms with Crippen molar-refractivity contribution in [2.45, 2.75) is 18.9 Å². The summed E-state index contributed by atoms with van der Waals surface area (Å²) in [7, 11) is 0. The fourth-order valence-electron chi connectivity index (χ4n) is 4.16. The number of nitrogens with zero attached hydrogens (tertiary/aromatic N) is 5. The first-order chi connectivity index (χ1) is 14.8. The number of carbonyl (C=O) groups excluding carboxylic acids is 1. The van der Waals surface area contributed by atoms with Gasteiger partial charge in [0.05, 0.1) is 31.1 Å². The highest BCUT2D eigenvalue weighted by Gasteiger charge is 2.28. The number of amides is 2. The molecule has 0 bridgehead atoms. The minimum absolute atomic E-state index is 0.110. The van der Waals surface area contributed by atoms with Gasteiger partial charge in [0.15, 0.2) is 12.2 Å². The normalized spacial score (nSPS) is 18.6. The molecule has 0 radical (unpaired) electrons. The van der Waals surface area contributed by atoms with Crippen LogP contribution in [0.3, 0.4) is 0 Å². The molecule has 2 saturated heterocycles. The maximum absolute atomic E-state index is 12.7. The maximum atomic E-state index is 12.7. The highest BCUT2D eigenvalue weighted by atomic mass is 16.5. The van der Waals surface area contributed by atoms with E-state index in [1.807, 2.05) is 17.0 Å². The first kappa shape index (κ1) is 19.0. The summed E-state index contributed by atoms with van der Waals surface area (Å²) in [6.07, 6.45) is 8.40. The Morgan fingerprint density at radius 3 is 2.63 bits per heavy atom. The Morgan fingerprint density at radius 1 is 1.03 bits per heavy atom. The van der Waals surface area contributed by atoms with Gasteiger partial charge >= 0.3 is 6.03 Å². The number of urea groups is 1. The summed E-state index contributed by atoms with van der Waals surface area (Å²) < 4.78 is 10.8. The zero-order valence-corrected chi connectivity index (χ0v) is 16.7. The molecule has 3 aromatic rings. The van der Waals surface area contributed by atoms with Crippen LogP contribution in [0.1, 0.15) is 12.8 Å². The molecule has 0 aliphatic carbocycles. The van der Waals surface area contributed by atoms with Gasteiger partial charge in [-0.1, -0.05) is 0 Å². The van der Waals surface area contributed by atoms with Gasteiger partial charge in [-0.25, -0.2) is 14.8 Å². The number of fused-ring (bicyclic) bond motifs is 1. The second-order valence-corrected chi connectivity index (χ2v) is 7.65. The van der Waals surface area contributed by atoms with Gasteiger partial charge in [-0.2, -0.15) is 0 Å². The van der Waals surface area contributed by atoms with Crippen LogP contribution in [0.15, 0.2) is 41.5 Å². The topological polar surface area (TPSA) is 96.6 Å². The second-order valence-electron chi connectivity index (χ2n) is 7.65. The lowest BCUT2D eigenvalue weighted by Crippen LogP contribution is -2.50. The molecule has 30 heavy (non-hydrogen) atoms.